The second-order valence-corrected chi connectivity index (χ2v) is 8.35. The molecular formula is C19H19ClN4O2S. The Morgan fingerprint density at radius 1 is 1.15 bits per heavy atom. The largest absolute Gasteiger partial charge is 0.454 e. The minimum atomic E-state index is 0.260. The number of benzene rings is 1. The predicted molar refractivity (Wildman–Crippen MR) is 104 cm³/mol. The number of ether oxygens (including phenoxy) is 2. The highest BCUT2D eigenvalue weighted by Gasteiger charge is 2.25. The summed E-state index contributed by atoms with van der Waals surface area (Å²) < 4.78 is 13.2. The SMILES string of the molecule is Cc1nc(-c2nc(C)c3n2CCN(Cc2cc4c(cc2Cl)OCO4)C3)cs1. The molecule has 0 spiro atoms. The molecule has 0 saturated heterocycles. The van der Waals surface area contributed by atoms with Crippen LogP contribution in [0.5, 0.6) is 11.5 Å². The molecule has 0 saturated carbocycles. The van der Waals surface area contributed by atoms with Crippen LogP contribution in [0.2, 0.25) is 5.02 Å². The van der Waals surface area contributed by atoms with Gasteiger partial charge in [0.05, 0.1) is 16.4 Å². The lowest BCUT2D eigenvalue weighted by Gasteiger charge is -2.29. The summed E-state index contributed by atoms with van der Waals surface area (Å²) >= 11 is 8.12. The first-order chi connectivity index (χ1) is 13.1. The molecule has 4 heterocycles. The van der Waals surface area contributed by atoms with Crippen molar-refractivity contribution >= 4 is 22.9 Å². The lowest BCUT2D eigenvalue weighted by molar-refractivity contribution is 0.173. The molecule has 0 radical (unpaired) electrons. The van der Waals surface area contributed by atoms with Crippen molar-refractivity contribution < 1.29 is 9.47 Å². The van der Waals surface area contributed by atoms with Crippen molar-refractivity contribution in [2.45, 2.75) is 33.5 Å². The van der Waals surface area contributed by atoms with Crippen molar-refractivity contribution in [1.82, 2.24) is 19.4 Å². The molecule has 0 fully saturated rings. The first kappa shape index (κ1) is 17.0. The van der Waals surface area contributed by atoms with Gasteiger partial charge in [0.1, 0.15) is 5.69 Å². The summed E-state index contributed by atoms with van der Waals surface area (Å²) in [5.74, 6) is 2.47. The second-order valence-electron chi connectivity index (χ2n) is 6.88. The van der Waals surface area contributed by atoms with Gasteiger partial charge in [-0.1, -0.05) is 11.6 Å². The number of thiazole rings is 1. The smallest absolute Gasteiger partial charge is 0.231 e. The summed E-state index contributed by atoms with van der Waals surface area (Å²) in [7, 11) is 0. The molecule has 140 valence electrons. The third-order valence-electron chi connectivity index (χ3n) is 5.07. The van der Waals surface area contributed by atoms with E-state index >= 15 is 0 Å². The van der Waals surface area contributed by atoms with Crippen molar-refractivity contribution in [3.8, 4) is 23.0 Å². The van der Waals surface area contributed by atoms with Gasteiger partial charge in [0.15, 0.2) is 17.3 Å². The molecule has 2 aliphatic rings. The van der Waals surface area contributed by atoms with Crippen molar-refractivity contribution in [1.29, 1.82) is 0 Å². The van der Waals surface area contributed by atoms with Crippen LogP contribution in [0, 0.1) is 13.8 Å². The normalized spacial score (nSPS) is 16.0. The molecule has 0 atom stereocenters. The minimum Gasteiger partial charge on any atom is -0.454 e. The Bertz CT molecular complexity index is 1030. The standard InChI is InChI=1S/C19H19ClN4O2S/c1-11-16-8-23(7-13-5-17-18(6-14(13)20)26-10-25-17)3-4-24(16)19(21-11)15-9-27-12(2)22-15/h5-6,9H,3-4,7-8,10H2,1-2H3. The summed E-state index contributed by atoms with van der Waals surface area (Å²) in [4.78, 5) is 11.8. The Kier molecular flexibility index (Phi) is 4.11. The fourth-order valence-corrected chi connectivity index (χ4v) is 4.50. The van der Waals surface area contributed by atoms with Crippen LogP contribution in [0.15, 0.2) is 17.5 Å². The zero-order valence-electron chi connectivity index (χ0n) is 15.2. The molecule has 2 aromatic heterocycles. The number of rotatable bonds is 3. The van der Waals surface area contributed by atoms with Crippen LogP contribution >= 0.6 is 22.9 Å². The van der Waals surface area contributed by atoms with Crippen LogP contribution in [0.1, 0.15) is 22.0 Å². The molecule has 0 unspecified atom stereocenters. The molecule has 5 rings (SSSR count). The van der Waals surface area contributed by atoms with Gasteiger partial charge in [-0.3, -0.25) is 4.90 Å². The summed E-state index contributed by atoms with van der Waals surface area (Å²) in [5, 5.41) is 3.87. The van der Waals surface area contributed by atoms with Crippen LogP contribution in [-0.2, 0) is 19.6 Å². The zero-order valence-corrected chi connectivity index (χ0v) is 16.7. The summed E-state index contributed by atoms with van der Waals surface area (Å²) in [5.41, 5.74) is 4.34. The number of hydrogen-bond acceptors (Lipinski definition) is 6. The molecule has 0 N–H and O–H groups in total. The van der Waals surface area contributed by atoms with Crippen LogP contribution in [-0.4, -0.2) is 32.8 Å². The average molecular weight is 403 g/mol. The molecule has 1 aromatic carbocycles. The van der Waals surface area contributed by atoms with E-state index in [1.807, 2.05) is 19.1 Å². The predicted octanol–water partition coefficient (Wildman–Crippen LogP) is 4.02. The maximum atomic E-state index is 6.46. The van der Waals surface area contributed by atoms with E-state index in [2.05, 4.69) is 26.8 Å². The number of aryl methyl sites for hydroxylation is 2. The number of fused-ring (bicyclic) bond motifs is 2. The second kappa shape index (κ2) is 6.51. The Hall–Kier alpha value is -2.09. The zero-order chi connectivity index (χ0) is 18.5. The van der Waals surface area contributed by atoms with Gasteiger partial charge >= 0.3 is 0 Å². The summed E-state index contributed by atoms with van der Waals surface area (Å²) in [6.07, 6.45) is 0. The van der Waals surface area contributed by atoms with E-state index in [-0.39, 0.29) is 6.79 Å². The van der Waals surface area contributed by atoms with Crippen molar-refractivity contribution in [2.75, 3.05) is 13.3 Å². The van der Waals surface area contributed by atoms with Gasteiger partial charge in [-0.05, 0) is 25.5 Å². The van der Waals surface area contributed by atoms with Gasteiger partial charge < -0.3 is 14.0 Å². The summed E-state index contributed by atoms with van der Waals surface area (Å²) in [6.45, 7) is 7.80. The number of imidazole rings is 1. The first-order valence-electron chi connectivity index (χ1n) is 8.87. The highest BCUT2D eigenvalue weighted by atomic mass is 35.5. The number of halogens is 1. The van der Waals surface area contributed by atoms with E-state index in [1.165, 1.54) is 5.69 Å². The van der Waals surface area contributed by atoms with Gasteiger partial charge in [-0.15, -0.1) is 11.3 Å². The molecule has 0 bridgehead atoms. The van der Waals surface area contributed by atoms with Crippen LogP contribution in [0.4, 0.5) is 0 Å². The van der Waals surface area contributed by atoms with Crippen molar-refractivity contribution in [2.24, 2.45) is 0 Å². The van der Waals surface area contributed by atoms with E-state index < -0.39 is 0 Å². The first-order valence-corrected chi connectivity index (χ1v) is 10.1. The average Bonchev–Trinajstić information content (AvgIpc) is 3.35. The van der Waals surface area contributed by atoms with Crippen LogP contribution in [0.25, 0.3) is 11.5 Å². The van der Waals surface area contributed by atoms with Gasteiger partial charge in [-0.2, -0.15) is 0 Å². The molecule has 3 aromatic rings. The Morgan fingerprint density at radius 2 is 1.96 bits per heavy atom. The molecule has 0 aliphatic carbocycles. The fourth-order valence-electron chi connectivity index (χ4n) is 3.70. The topological polar surface area (TPSA) is 52.4 Å². The lowest BCUT2D eigenvalue weighted by atomic mass is 10.1. The lowest BCUT2D eigenvalue weighted by Crippen LogP contribution is -2.33. The van der Waals surface area contributed by atoms with E-state index in [0.717, 1.165) is 65.5 Å². The highest BCUT2D eigenvalue weighted by Crippen LogP contribution is 2.37. The Morgan fingerprint density at radius 3 is 2.74 bits per heavy atom. The van der Waals surface area contributed by atoms with Crippen LogP contribution in [0.3, 0.4) is 0 Å². The van der Waals surface area contributed by atoms with E-state index in [4.69, 9.17) is 26.1 Å². The third kappa shape index (κ3) is 2.99. The molecule has 2 aliphatic heterocycles. The van der Waals surface area contributed by atoms with Gasteiger partial charge in [-0.25, -0.2) is 9.97 Å². The number of aromatic nitrogens is 3. The molecule has 6 nitrogen and oxygen atoms in total. The maximum Gasteiger partial charge on any atom is 0.231 e. The Balaban J connectivity index is 1.40. The molecular weight excluding hydrogens is 384 g/mol. The molecule has 0 amide bonds. The van der Waals surface area contributed by atoms with E-state index in [1.54, 1.807) is 11.3 Å². The van der Waals surface area contributed by atoms with E-state index in [9.17, 15) is 0 Å². The fraction of sp³-hybridized carbons (Fsp3) is 0.368. The third-order valence-corrected chi connectivity index (χ3v) is 6.19. The van der Waals surface area contributed by atoms with Crippen molar-refractivity contribution in [3.05, 3.63) is 44.5 Å². The monoisotopic (exact) mass is 402 g/mol. The quantitative estimate of drug-likeness (QED) is 0.662. The number of nitrogens with zero attached hydrogens (tertiary/aromatic N) is 4. The Labute approximate surface area is 166 Å². The highest BCUT2D eigenvalue weighted by molar-refractivity contribution is 7.09. The minimum absolute atomic E-state index is 0.260. The van der Waals surface area contributed by atoms with Gasteiger partial charge in [0.25, 0.3) is 0 Å². The number of hydrogen-bond donors (Lipinski definition) is 0. The maximum absolute atomic E-state index is 6.46. The molecule has 8 heteroatoms. The van der Waals surface area contributed by atoms with Gasteiger partial charge in [0, 0.05) is 42.6 Å². The van der Waals surface area contributed by atoms with Crippen molar-refractivity contribution in [3.63, 3.8) is 0 Å². The van der Waals surface area contributed by atoms with Gasteiger partial charge in [0.2, 0.25) is 6.79 Å². The van der Waals surface area contributed by atoms with E-state index in [0.29, 0.717) is 5.02 Å². The molecule has 27 heavy (non-hydrogen) atoms. The van der Waals surface area contributed by atoms with Crippen LogP contribution < -0.4 is 9.47 Å². The summed E-state index contributed by atoms with van der Waals surface area (Å²) in [6, 6.07) is 3.84.